The van der Waals surface area contributed by atoms with Gasteiger partial charge in [0, 0.05) is 19.1 Å². The highest BCUT2D eigenvalue weighted by Crippen LogP contribution is 2.25. The van der Waals surface area contributed by atoms with E-state index in [-0.39, 0.29) is 12.4 Å². The highest BCUT2D eigenvalue weighted by molar-refractivity contribution is 6.32. The van der Waals surface area contributed by atoms with E-state index >= 15 is 0 Å². The van der Waals surface area contributed by atoms with Gasteiger partial charge in [-0.1, -0.05) is 17.7 Å². The van der Waals surface area contributed by atoms with Crippen LogP contribution in [-0.2, 0) is 6.54 Å². The van der Waals surface area contributed by atoms with Crippen LogP contribution in [0.25, 0.3) is 0 Å². The first kappa shape index (κ1) is 15.6. The molecule has 0 bridgehead atoms. The quantitative estimate of drug-likeness (QED) is 0.930. The van der Waals surface area contributed by atoms with Gasteiger partial charge in [0.2, 0.25) is 0 Å². The second kappa shape index (κ2) is 7.19. The van der Waals surface area contributed by atoms with E-state index in [2.05, 4.69) is 11.0 Å². The number of nitrogens with zero attached hydrogens (tertiary/aromatic N) is 1. The molecular formula is C13H20Cl2N2O. The maximum absolute atomic E-state index is 6.11. The van der Waals surface area contributed by atoms with Crippen molar-refractivity contribution in [3.05, 3.63) is 28.8 Å². The summed E-state index contributed by atoms with van der Waals surface area (Å²) < 4.78 is 5.14. The zero-order chi connectivity index (χ0) is 12.3. The zero-order valence-corrected chi connectivity index (χ0v) is 12.1. The smallest absolute Gasteiger partial charge is 0.137 e. The third-order valence-electron chi connectivity index (χ3n) is 3.16. The van der Waals surface area contributed by atoms with Crippen molar-refractivity contribution in [2.75, 3.05) is 20.2 Å². The highest BCUT2D eigenvalue weighted by Gasteiger charge is 2.16. The fourth-order valence-corrected chi connectivity index (χ4v) is 2.58. The minimum atomic E-state index is 0. The Morgan fingerprint density at radius 2 is 2.28 bits per heavy atom. The SMILES string of the molecule is COc1ccc(CN2CCCC(N)C2)cc1Cl.Cl. The highest BCUT2D eigenvalue weighted by atomic mass is 35.5. The van der Waals surface area contributed by atoms with E-state index in [0.29, 0.717) is 11.1 Å². The summed E-state index contributed by atoms with van der Waals surface area (Å²) in [5.74, 6) is 0.728. The number of halogens is 2. The normalized spacial score (nSPS) is 20.3. The van der Waals surface area contributed by atoms with Gasteiger partial charge in [-0.3, -0.25) is 4.90 Å². The van der Waals surface area contributed by atoms with Crippen LogP contribution in [-0.4, -0.2) is 31.1 Å². The lowest BCUT2D eigenvalue weighted by Gasteiger charge is -2.30. The summed E-state index contributed by atoms with van der Waals surface area (Å²) in [6, 6.07) is 6.27. The molecule has 3 nitrogen and oxygen atoms in total. The molecule has 0 spiro atoms. The molecule has 0 aromatic heterocycles. The maximum atomic E-state index is 6.11. The van der Waals surface area contributed by atoms with Gasteiger partial charge in [0.05, 0.1) is 12.1 Å². The predicted molar refractivity (Wildman–Crippen MR) is 77.7 cm³/mol. The molecule has 102 valence electrons. The van der Waals surface area contributed by atoms with Crippen molar-refractivity contribution in [1.82, 2.24) is 4.90 Å². The first-order chi connectivity index (χ1) is 8.19. The van der Waals surface area contributed by atoms with Crippen LogP contribution in [0.4, 0.5) is 0 Å². The van der Waals surface area contributed by atoms with Crippen molar-refractivity contribution in [2.45, 2.75) is 25.4 Å². The molecule has 1 aromatic rings. The Morgan fingerprint density at radius 3 is 2.89 bits per heavy atom. The van der Waals surface area contributed by atoms with Gasteiger partial charge in [-0.2, -0.15) is 0 Å². The lowest BCUT2D eigenvalue weighted by molar-refractivity contribution is 0.201. The Morgan fingerprint density at radius 1 is 1.50 bits per heavy atom. The van der Waals surface area contributed by atoms with Gasteiger partial charge < -0.3 is 10.5 Å². The molecule has 1 unspecified atom stereocenters. The van der Waals surface area contributed by atoms with Crippen LogP contribution in [0.15, 0.2) is 18.2 Å². The molecular weight excluding hydrogens is 271 g/mol. The monoisotopic (exact) mass is 290 g/mol. The first-order valence-corrected chi connectivity index (χ1v) is 6.37. The van der Waals surface area contributed by atoms with Crippen LogP contribution >= 0.6 is 24.0 Å². The lowest BCUT2D eigenvalue weighted by Crippen LogP contribution is -2.42. The molecule has 1 aliphatic heterocycles. The van der Waals surface area contributed by atoms with E-state index in [1.807, 2.05) is 12.1 Å². The molecule has 1 aromatic carbocycles. The van der Waals surface area contributed by atoms with E-state index in [9.17, 15) is 0 Å². The average molecular weight is 291 g/mol. The Hall–Kier alpha value is -0.480. The number of ether oxygens (including phenoxy) is 1. The number of hydrogen-bond donors (Lipinski definition) is 1. The van der Waals surface area contributed by atoms with Crippen molar-refractivity contribution in [2.24, 2.45) is 5.73 Å². The second-order valence-electron chi connectivity index (χ2n) is 4.61. The van der Waals surface area contributed by atoms with Crippen molar-refractivity contribution >= 4 is 24.0 Å². The summed E-state index contributed by atoms with van der Waals surface area (Å²) in [5.41, 5.74) is 7.18. The van der Waals surface area contributed by atoms with Gasteiger partial charge >= 0.3 is 0 Å². The number of piperidine rings is 1. The molecule has 1 fully saturated rings. The van der Waals surface area contributed by atoms with E-state index in [1.165, 1.54) is 12.0 Å². The fourth-order valence-electron chi connectivity index (χ4n) is 2.30. The van der Waals surface area contributed by atoms with Gasteiger partial charge in [0.15, 0.2) is 0 Å². The largest absolute Gasteiger partial charge is 0.495 e. The fraction of sp³-hybridized carbons (Fsp3) is 0.538. The Balaban J connectivity index is 0.00000162. The van der Waals surface area contributed by atoms with E-state index in [1.54, 1.807) is 7.11 Å². The van der Waals surface area contributed by atoms with Crippen LogP contribution in [0, 0.1) is 0 Å². The third-order valence-corrected chi connectivity index (χ3v) is 3.46. The van der Waals surface area contributed by atoms with Gasteiger partial charge in [-0.15, -0.1) is 12.4 Å². The maximum Gasteiger partial charge on any atom is 0.137 e. The molecule has 2 N–H and O–H groups in total. The van der Waals surface area contributed by atoms with Gasteiger partial charge in [-0.25, -0.2) is 0 Å². The summed E-state index contributed by atoms with van der Waals surface area (Å²) in [5, 5.41) is 0.673. The molecule has 0 amide bonds. The molecule has 0 aliphatic carbocycles. The summed E-state index contributed by atoms with van der Waals surface area (Å²) in [6.07, 6.45) is 2.32. The van der Waals surface area contributed by atoms with Crippen LogP contribution in [0.3, 0.4) is 0 Å². The summed E-state index contributed by atoms with van der Waals surface area (Å²) in [7, 11) is 1.63. The molecule has 18 heavy (non-hydrogen) atoms. The van der Waals surface area contributed by atoms with Crippen molar-refractivity contribution in [3.8, 4) is 5.75 Å². The van der Waals surface area contributed by atoms with Gasteiger partial charge in [-0.05, 0) is 37.1 Å². The number of nitrogens with two attached hydrogens (primary N) is 1. The Bertz CT molecular complexity index is 387. The van der Waals surface area contributed by atoms with Gasteiger partial charge in [0.25, 0.3) is 0 Å². The van der Waals surface area contributed by atoms with E-state index in [4.69, 9.17) is 22.1 Å². The number of hydrogen-bond acceptors (Lipinski definition) is 3. The standard InChI is InChI=1S/C13H19ClN2O.ClH/c1-17-13-5-4-10(7-12(13)14)8-16-6-2-3-11(15)9-16;/h4-5,7,11H,2-3,6,8-9,15H2,1H3;1H. The van der Waals surface area contributed by atoms with Crippen LogP contribution < -0.4 is 10.5 Å². The lowest BCUT2D eigenvalue weighted by atomic mass is 10.1. The number of likely N-dealkylation sites (tertiary alicyclic amines) is 1. The van der Waals surface area contributed by atoms with E-state index in [0.717, 1.165) is 31.8 Å². The first-order valence-electron chi connectivity index (χ1n) is 5.99. The molecule has 0 saturated carbocycles. The van der Waals surface area contributed by atoms with Crippen molar-refractivity contribution in [3.63, 3.8) is 0 Å². The summed E-state index contributed by atoms with van der Waals surface area (Å²) >= 11 is 6.11. The van der Waals surface area contributed by atoms with E-state index < -0.39 is 0 Å². The van der Waals surface area contributed by atoms with Crippen LogP contribution in [0.2, 0.25) is 5.02 Å². The molecule has 1 saturated heterocycles. The predicted octanol–water partition coefficient (Wildman–Crippen LogP) is 2.69. The molecule has 1 atom stereocenters. The van der Waals surface area contributed by atoms with Crippen LogP contribution in [0.1, 0.15) is 18.4 Å². The molecule has 2 rings (SSSR count). The molecule has 1 aliphatic rings. The topological polar surface area (TPSA) is 38.5 Å². The zero-order valence-electron chi connectivity index (χ0n) is 10.6. The minimum absolute atomic E-state index is 0. The Kier molecular flexibility index (Phi) is 6.22. The molecule has 0 radical (unpaired) electrons. The Labute approximate surface area is 120 Å². The number of methoxy groups -OCH3 is 1. The number of benzene rings is 1. The number of rotatable bonds is 3. The minimum Gasteiger partial charge on any atom is -0.495 e. The van der Waals surface area contributed by atoms with Gasteiger partial charge in [0.1, 0.15) is 5.75 Å². The third kappa shape index (κ3) is 4.02. The van der Waals surface area contributed by atoms with Crippen LogP contribution in [0.5, 0.6) is 5.75 Å². The van der Waals surface area contributed by atoms with Crippen molar-refractivity contribution < 1.29 is 4.74 Å². The molecule has 1 heterocycles. The summed E-state index contributed by atoms with van der Waals surface area (Å²) in [6.45, 7) is 3.01. The average Bonchev–Trinajstić information content (AvgIpc) is 2.29. The second-order valence-corrected chi connectivity index (χ2v) is 5.01. The molecule has 5 heteroatoms. The summed E-state index contributed by atoms with van der Waals surface area (Å²) in [4.78, 5) is 2.38. The van der Waals surface area contributed by atoms with Crippen molar-refractivity contribution in [1.29, 1.82) is 0 Å².